The number of hydrogen-bond donors (Lipinski definition) is 1. The van der Waals surface area contributed by atoms with Crippen LogP contribution in [-0.4, -0.2) is 41.8 Å². The second kappa shape index (κ2) is 9.22. The molecule has 164 valence electrons. The summed E-state index contributed by atoms with van der Waals surface area (Å²) in [6.45, 7) is 4.44. The molecule has 0 fully saturated rings. The standard InChI is InChI=1S/C26H27N3O3/c1-3-15-27-25(31)18(2)28(16-19-9-5-4-6-10-19)23(30)17-29-22-14-8-12-20-11-7-13-21(24(20)22)26(29)32/h4-14,18H,3,15-17H2,1-2H3,(H,27,31). The second-order valence-electron chi connectivity index (χ2n) is 8.05. The highest BCUT2D eigenvalue weighted by atomic mass is 16.2. The van der Waals surface area contributed by atoms with Crippen LogP contribution in [0, 0.1) is 0 Å². The van der Waals surface area contributed by atoms with Crippen molar-refractivity contribution in [1.82, 2.24) is 10.2 Å². The molecule has 4 rings (SSSR count). The van der Waals surface area contributed by atoms with Gasteiger partial charge < -0.3 is 10.2 Å². The lowest BCUT2D eigenvalue weighted by molar-refractivity contribution is -0.139. The van der Waals surface area contributed by atoms with Crippen LogP contribution in [0.15, 0.2) is 66.7 Å². The van der Waals surface area contributed by atoms with E-state index in [0.29, 0.717) is 18.7 Å². The number of benzene rings is 3. The molecule has 1 heterocycles. The number of amides is 3. The number of carbonyl (C=O) groups is 3. The zero-order chi connectivity index (χ0) is 22.7. The monoisotopic (exact) mass is 429 g/mol. The highest BCUT2D eigenvalue weighted by Crippen LogP contribution is 2.37. The maximum absolute atomic E-state index is 13.5. The molecule has 32 heavy (non-hydrogen) atoms. The van der Waals surface area contributed by atoms with E-state index in [1.54, 1.807) is 17.9 Å². The SMILES string of the molecule is CCCNC(=O)C(C)N(Cc1ccccc1)C(=O)CN1C(=O)c2cccc3cccc1c23. The predicted molar refractivity (Wildman–Crippen MR) is 125 cm³/mol. The quantitative estimate of drug-likeness (QED) is 0.593. The fraction of sp³-hybridized carbons (Fsp3) is 0.269. The summed E-state index contributed by atoms with van der Waals surface area (Å²) < 4.78 is 0. The van der Waals surface area contributed by atoms with Gasteiger partial charge in [0.15, 0.2) is 0 Å². The fourth-order valence-electron chi connectivity index (χ4n) is 4.12. The predicted octanol–water partition coefficient (Wildman–Crippen LogP) is 3.74. The maximum Gasteiger partial charge on any atom is 0.259 e. The van der Waals surface area contributed by atoms with Gasteiger partial charge in [0.2, 0.25) is 11.8 Å². The maximum atomic E-state index is 13.5. The zero-order valence-corrected chi connectivity index (χ0v) is 18.4. The second-order valence-corrected chi connectivity index (χ2v) is 8.05. The van der Waals surface area contributed by atoms with E-state index >= 15 is 0 Å². The molecule has 0 spiro atoms. The largest absolute Gasteiger partial charge is 0.354 e. The summed E-state index contributed by atoms with van der Waals surface area (Å²) in [7, 11) is 0. The molecule has 0 bridgehead atoms. The molecule has 1 unspecified atom stereocenters. The lowest BCUT2D eigenvalue weighted by Gasteiger charge is -2.30. The molecule has 1 aliphatic rings. The summed E-state index contributed by atoms with van der Waals surface area (Å²) >= 11 is 0. The summed E-state index contributed by atoms with van der Waals surface area (Å²) in [5.74, 6) is -0.659. The average molecular weight is 430 g/mol. The van der Waals surface area contributed by atoms with Gasteiger partial charge in [0.25, 0.3) is 5.91 Å². The Balaban J connectivity index is 1.61. The van der Waals surface area contributed by atoms with Crippen LogP contribution in [0.2, 0.25) is 0 Å². The summed E-state index contributed by atoms with van der Waals surface area (Å²) in [6.07, 6.45) is 0.815. The number of nitrogens with zero attached hydrogens (tertiary/aromatic N) is 2. The number of anilines is 1. The van der Waals surface area contributed by atoms with E-state index in [-0.39, 0.29) is 24.3 Å². The van der Waals surface area contributed by atoms with E-state index in [0.717, 1.165) is 28.4 Å². The minimum atomic E-state index is -0.662. The van der Waals surface area contributed by atoms with Crippen LogP contribution in [0.4, 0.5) is 5.69 Å². The minimum Gasteiger partial charge on any atom is -0.354 e. The molecule has 3 aromatic carbocycles. The Morgan fingerprint density at radius 1 is 1.00 bits per heavy atom. The van der Waals surface area contributed by atoms with Crippen LogP contribution in [0.1, 0.15) is 36.2 Å². The Hall–Kier alpha value is -3.67. The molecule has 1 aliphatic heterocycles. The molecule has 0 saturated carbocycles. The van der Waals surface area contributed by atoms with Gasteiger partial charge in [-0.25, -0.2) is 0 Å². The normalized spacial score (nSPS) is 13.3. The van der Waals surface area contributed by atoms with Crippen molar-refractivity contribution in [1.29, 1.82) is 0 Å². The smallest absolute Gasteiger partial charge is 0.259 e. The third-order valence-corrected chi connectivity index (χ3v) is 5.85. The van der Waals surface area contributed by atoms with Gasteiger partial charge in [0.05, 0.1) is 5.69 Å². The molecule has 0 radical (unpaired) electrons. The molecule has 0 aliphatic carbocycles. The van der Waals surface area contributed by atoms with Crippen molar-refractivity contribution in [3.8, 4) is 0 Å². The lowest BCUT2D eigenvalue weighted by Crippen LogP contribution is -2.51. The van der Waals surface area contributed by atoms with Crippen LogP contribution in [0.25, 0.3) is 10.8 Å². The topological polar surface area (TPSA) is 69.7 Å². The van der Waals surface area contributed by atoms with Crippen molar-refractivity contribution in [2.75, 3.05) is 18.0 Å². The fourth-order valence-corrected chi connectivity index (χ4v) is 4.12. The number of hydrogen-bond acceptors (Lipinski definition) is 3. The molecular formula is C26H27N3O3. The van der Waals surface area contributed by atoms with Crippen molar-refractivity contribution < 1.29 is 14.4 Å². The summed E-state index contributed by atoms with van der Waals surface area (Å²) in [5, 5.41) is 4.71. The third kappa shape index (κ3) is 4.08. The van der Waals surface area contributed by atoms with Crippen LogP contribution >= 0.6 is 0 Å². The van der Waals surface area contributed by atoms with Gasteiger partial charge in [-0.2, -0.15) is 0 Å². The Morgan fingerprint density at radius 2 is 1.72 bits per heavy atom. The van der Waals surface area contributed by atoms with Gasteiger partial charge in [0.1, 0.15) is 12.6 Å². The first-order valence-electron chi connectivity index (χ1n) is 11.0. The number of nitrogens with one attached hydrogen (secondary N) is 1. The van der Waals surface area contributed by atoms with Gasteiger partial charge in [0, 0.05) is 24.0 Å². The molecule has 0 aromatic heterocycles. The van der Waals surface area contributed by atoms with E-state index in [2.05, 4.69) is 5.32 Å². The molecule has 1 N–H and O–H groups in total. The van der Waals surface area contributed by atoms with Gasteiger partial charge in [-0.1, -0.05) is 61.5 Å². The van der Waals surface area contributed by atoms with E-state index in [9.17, 15) is 14.4 Å². The van der Waals surface area contributed by atoms with Gasteiger partial charge in [-0.3, -0.25) is 19.3 Å². The highest BCUT2D eigenvalue weighted by Gasteiger charge is 2.34. The van der Waals surface area contributed by atoms with Crippen LogP contribution < -0.4 is 10.2 Å². The first-order valence-corrected chi connectivity index (χ1v) is 11.0. The minimum absolute atomic E-state index is 0.120. The first kappa shape index (κ1) is 21.6. The lowest BCUT2D eigenvalue weighted by atomic mass is 10.1. The molecular weight excluding hydrogens is 402 g/mol. The molecule has 1 atom stereocenters. The first-order chi connectivity index (χ1) is 15.5. The van der Waals surface area contributed by atoms with Crippen molar-refractivity contribution in [2.45, 2.75) is 32.9 Å². The van der Waals surface area contributed by atoms with Crippen LogP contribution in [0.3, 0.4) is 0 Å². The Bertz CT molecular complexity index is 1150. The molecule has 3 amide bonds. The van der Waals surface area contributed by atoms with E-state index in [4.69, 9.17) is 0 Å². The number of carbonyl (C=O) groups excluding carboxylic acids is 3. The Kier molecular flexibility index (Phi) is 6.21. The van der Waals surface area contributed by atoms with E-state index in [1.807, 2.05) is 67.6 Å². The average Bonchev–Trinajstić information content (AvgIpc) is 3.09. The molecule has 3 aromatic rings. The summed E-state index contributed by atoms with van der Waals surface area (Å²) in [6, 6.07) is 20.2. The van der Waals surface area contributed by atoms with Crippen molar-refractivity contribution in [3.05, 3.63) is 77.9 Å². The third-order valence-electron chi connectivity index (χ3n) is 5.85. The van der Waals surface area contributed by atoms with E-state index < -0.39 is 6.04 Å². The zero-order valence-electron chi connectivity index (χ0n) is 18.4. The van der Waals surface area contributed by atoms with Crippen molar-refractivity contribution in [3.63, 3.8) is 0 Å². The van der Waals surface area contributed by atoms with Crippen molar-refractivity contribution >= 4 is 34.2 Å². The van der Waals surface area contributed by atoms with Gasteiger partial charge in [-0.15, -0.1) is 0 Å². The summed E-state index contributed by atoms with van der Waals surface area (Å²) in [5.41, 5.74) is 2.27. The van der Waals surface area contributed by atoms with Crippen LogP contribution in [0.5, 0.6) is 0 Å². The summed E-state index contributed by atoms with van der Waals surface area (Å²) in [4.78, 5) is 42.4. The molecule has 6 nitrogen and oxygen atoms in total. The van der Waals surface area contributed by atoms with Gasteiger partial charge >= 0.3 is 0 Å². The van der Waals surface area contributed by atoms with Crippen molar-refractivity contribution in [2.24, 2.45) is 0 Å². The number of rotatable bonds is 8. The Labute approximate surface area is 187 Å². The van der Waals surface area contributed by atoms with Gasteiger partial charge in [-0.05, 0) is 36.4 Å². The Morgan fingerprint density at radius 3 is 2.44 bits per heavy atom. The molecule has 6 heteroatoms. The molecule has 0 saturated heterocycles. The van der Waals surface area contributed by atoms with Crippen LogP contribution in [-0.2, 0) is 16.1 Å². The highest BCUT2D eigenvalue weighted by molar-refractivity contribution is 6.26. The van der Waals surface area contributed by atoms with E-state index in [1.165, 1.54) is 4.90 Å².